The molecule has 4 aliphatic heterocycles. The molecule has 0 unspecified atom stereocenters. The molecule has 0 aliphatic carbocycles. The average Bonchev–Trinajstić information content (AvgIpc) is 3.42. The van der Waals surface area contributed by atoms with E-state index in [1.807, 2.05) is 24.3 Å². The number of fused-ring (bicyclic) bond motifs is 3. The number of hydrogen-bond acceptors (Lipinski definition) is 6. The number of benzene rings is 2. The summed E-state index contributed by atoms with van der Waals surface area (Å²) in [4.78, 5) is 0. The number of rotatable bonds is 2. The van der Waals surface area contributed by atoms with E-state index in [-0.39, 0.29) is 25.8 Å². The predicted octanol–water partition coefficient (Wildman–Crippen LogP) is 3.22. The minimum absolute atomic E-state index is 0.0218. The summed E-state index contributed by atoms with van der Waals surface area (Å²) in [7, 11) is 0. The Balaban J connectivity index is 1.27. The van der Waals surface area contributed by atoms with E-state index in [0.717, 1.165) is 34.1 Å². The molecule has 0 bridgehead atoms. The summed E-state index contributed by atoms with van der Waals surface area (Å²) in [5.41, 5.74) is 2.24. The van der Waals surface area contributed by atoms with Gasteiger partial charge in [-0.2, -0.15) is 0 Å². The topological polar surface area (TPSA) is 55.4 Å². The van der Waals surface area contributed by atoms with Gasteiger partial charge in [0.05, 0.1) is 25.4 Å². The molecule has 0 spiro atoms. The minimum Gasteiger partial charge on any atom is -0.454 e. The first kappa shape index (κ1) is 14.7. The zero-order valence-electron chi connectivity index (χ0n) is 14.1. The van der Waals surface area contributed by atoms with Crippen molar-refractivity contribution in [2.75, 3.05) is 26.8 Å². The van der Waals surface area contributed by atoms with Crippen LogP contribution in [0.4, 0.5) is 0 Å². The molecule has 0 amide bonds. The summed E-state index contributed by atoms with van der Waals surface area (Å²) in [6, 6.07) is 12.1. The molecule has 2 saturated heterocycles. The van der Waals surface area contributed by atoms with Gasteiger partial charge in [0.2, 0.25) is 13.6 Å². The van der Waals surface area contributed by atoms with Crippen LogP contribution in [0.25, 0.3) is 0 Å². The largest absolute Gasteiger partial charge is 0.454 e. The maximum Gasteiger partial charge on any atom is 0.231 e. The van der Waals surface area contributed by atoms with Gasteiger partial charge in [0.15, 0.2) is 23.0 Å². The zero-order valence-corrected chi connectivity index (χ0v) is 14.1. The van der Waals surface area contributed by atoms with Crippen molar-refractivity contribution in [2.45, 2.75) is 12.2 Å². The zero-order chi connectivity index (χ0) is 17.1. The fraction of sp³-hybridized carbons (Fsp3) is 0.400. The summed E-state index contributed by atoms with van der Waals surface area (Å²) >= 11 is 0. The first-order chi connectivity index (χ1) is 12.9. The lowest BCUT2D eigenvalue weighted by Gasteiger charge is -2.17. The smallest absolute Gasteiger partial charge is 0.231 e. The lowest BCUT2D eigenvalue weighted by atomic mass is 9.85. The van der Waals surface area contributed by atoms with Crippen LogP contribution in [0.15, 0.2) is 36.4 Å². The number of ether oxygens (including phenoxy) is 6. The Hall–Kier alpha value is -2.44. The van der Waals surface area contributed by atoms with Crippen LogP contribution >= 0.6 is 0 Å². The second-order valence-electron chi connectivity index (χ2n) is 7.06. The van der Waals surface area contributed by atoms with Crippen LogP contribution in [0.2, 0.25) is 0 Å². The monoisotopic (exact) mass is 354 g/mol. The molecule has 4 atom stereocenters. The fourth-order valence-electron chi connectivity index (χ4n) is 4.41. The SMILES string of the molecule is c1cc2c(cc1[C@H]1OC[C@H]3[C@@H]1CO[C@H]3c1ccc3c(c1)OCO3)OCO2. The third-order valence-electron chi connectivity index (χ3n) is 5.71. The maximum atomic E-state index is 6.18. The Morgan fingerprint density at radius 1 is 0.577 bits per heavy atom. The molecule has 2 aromatic rings. The van der Waals surface area contributed by atoms with Crippen LogP contribution < -0.4 is 18.9 Å². The third-order valence-corrected chi connectivity index (χ3v) is 5.71. The molecule has 26 heavy (non-hydrogen) atoms. The highest BCUT2D eigenvalue weighted by molar-refractivity contribution is 5.46. The van der Waals surface area contributed by atoms with Crippen molar-refractivity contribution in [1.82, 2.24) is 0 Å². The van der Waals surface area contributed by atoms with Crippen molar-refractivity contribution in [3.8, 4) is 23.0 Å². The highest BCUT2D eigenvalue weighted by Gasteiger charge is 2.48. The lowest BCUT2D eigenvalue weighted by Crippen LogP contribution is -2.14. The predicted molar refractivity (Wildman–Crippen MR) is 89.5 cm³/mol. The van der Waals surface area contributed by atoms with E-state index >= 15 is 0 Å². The van der Waals surface area contributed by atoms with Crippen molar-refractivity contribution in [3.05, 3.63) is 47.5 Å². The first-order valence-electron chi connectivity index (χ1n) is 8.89. The molecule has 6 rings (SSSR count). The van der Waals surface area contributed by atoms with Gasteiger partial charge >= 0.3 is 0 Å². The van der Waals surface area contributed by atoms with Gasteiger partial charge in [-0.3, -0.25) is 0 Å². The normalized spacial score (nSPS) is 30.6. The van der Waals surface area contributed by atoms with Crippen LogP contribution in [-0.4, -0.2) is 26.8 Å². The van der Waals surface area contributed by atoms with Gasteiger partial charge in [-0.1, -0.05) is 12.1 Å². The van der Waals surface area contributed by atoms with Gasteiger partial charge in [-0.05, 0) is 35.4 Å². The molecule has 4 aliphatic rings. The quantitative estimate of drug-likeness (QED) is 0.825. The van der Waals surface area contributed by atoms with Gasteiger partial charge in [0, 0.05) is 11.8 Å². The molecule has 0 saturated carbocycles. The molecule has 0 N–H and O–H groups in total. The van der Waals surface area contributed by atoms with E-state index in [1.165, 1.54) is 0 Å². The van der Waals surface area contributed by atoms with E-state index in [2.05, 4.69) is 12.1 Å². The van der Waals surface area contributed by atoms with Gasteiger partial charge in [-0.15, -0.1) is 0 Å². The van der Waals surface area contributed by atoms with E-state index in [4.69, 9.17) is 28.4 Å². The molecule has 2 fully saturated rings. The molecule has 0 radical (unpaired) electrons. The Kier molecular flexibility index (Phi) is 3.12. The Morgan fingerprint density at radius 3 is 1.54 bits per heavy atom. The second kappa shape index (κ2) is 5.53. The van der Waals surface area contributed by atoms with Crippen LogP contribution in [0.5, 0.6) is 23.0 Å². The van der Waals surface area contributed by atoms with Crippen molar-refractivity contribution >= 4 is 0 Å². The van der Waals surface area contributed by atoms with Crippen LogP contribution in [0, 0.1) is 11.8 Å². The highest BCUT2D eigenvalue weighted by atomic mass is 16.7. The summed E-state index contributed by atoms with van der Waals surface area (Å²) in [5, 5.41) is 0. The molecule has 0 aromatic heterocycles. The second-order valence-corrected chi connectivity index (χ2v) is 7.06. The van der Waals surface area contributed by atoms with E-state index in [0.29, 0.717) is 25.0 Å². The van der Waals surface area contributed by atoms with Crippen LogP contribution in [0.1, 0.15) is 23.3 Å². The Morgan fingerprint density at radius 2 is 1.04 bits per heavy atom. The van der Waals surface area contributed by atoms with Crippen LogP contribution in [-0.2, 0) is 9.47 Å². The molecule has 2 aromatic carbocycles. The standard InChI is InChI=1S/C20H18O6/c1-3-15-17(25-9-23-15)5-11(1)19-13-7-22-20(14(13)8-21-19)12-2-4-16-18(6-12)26-10-24-16/h1-6,13-14,19-20H,7-10H2/t13-,14-,19-,20+/m0/s1. The summed E-state index contributed by atoms with van der Waals surface area (Å²) < 4.78 is 34.2. The highest BCUT2D eigenvalue weighted by Crippen LogP contribution is 2.52. The van der Waals surface area contributed by atoms with E-state index in [9.17, 15) is 0 Å². The van der Waals surface area contributed by atoms with Crippen molar-refractivity contribution in [2.24, 2.45) is 11.8 Å². The molecule has 6 heteroatoms. The minimum atomic E-state index is 0.0218. The molecular weight excluding hydrogens is 336 g/mol. The first-order valence-corrected chi connectivity index (χ1v) is 8.89. The van der Waals surface area contributed by atoms with Crippen molar-refractivity contribution in [1.29, 1.82) is 0 Å². The van der Waals surface area contributed by atoms with Gasteiger partial charge < -0.3 is 28.4 Å². The Bertz CT molecular complexity index is 794. The molecular formula is C20H18O6. The lowest BCUT2D eigenvalue weighted by molar-refractivity contribution is 0.0192. The van der Waals surface area contributed by atoms with Gasteiger partial charge in [0.25, 0.3) is 0 Å². The van der Waals surface area contributed by atoms with Crippen LogP contribution in [0.3, 0.4) is 0 Å². The number of hydrogen-bond donors (Lipinski definition) is 0. The van der Waals surface area contributed by atoms with Crippen molar-refractivity contribution < 1.29 is 28.4 Å². The Labute approximate surface area is 150 Å². The fourth-order valence-corrected chi connectivity index (χ4v) is 4.41. The van der Waals surface area contributed by atoms with Crippen molar-refractivity contribution in [3.63, 3.8) is 0 Å². The summed E-state index contributed by atoms with van der Waals surface area (Å²) in [6.45, 7) is 1.93. The van der Waals surface area contributed by atoms with Gasteiger partial charge in [-0.25, -0.2) is 0 Å². The summed E-state index contributed by atoms with van der Waals surface area (Å²) in [6.07, 6.45) is 0.0435. The van der Waals surface area contributed by atoms with Gasteiger partial charge in [0.1, 0.15) is 0 Å². The summed E-state index contributed by atoms with van der Waals surface area (Å²) in [5.74, 6) is 3.83. The maximum absolute atomic E-state index is 6.18. The van der Waals surface area contributed by atoms with E-state index < -0.39 is 0 Å². The molecule has 6 nitrogen and oxygen atoms in total. The average molecular weight is 354 g/mol. The third kappa shape index (κ3) is 2.12. The molecule has 4 heterocycles. The van der Waals surface area contributed by atoms with E-state index in [1.54, 1.807) is 0 Å². The molecule has 134 valence electrons.